The Morgan fingerprint density at radius 1 is 1.27 bits per heavy atom. The van der Waals surface area contributed by atoms with Crippen LogP contribution in [0.4, 0.5) is 0 Å². The van der Waals surface area contributed by atoms with E-state index in [1.54, 1.807) is 0 Å². The first kappa shape index (κ1) is 11.4. The molecule has 0 amide bonds. The highest BCUT2D eigenvalue weighted by Gasteiger charge is 2.32. The molecule has 2 rings (SSSR count). The van der Waals surface area contributed by atoms with Crippen molar-refractivity contribution in [2.75, 3.05) is 26.3 Å². The SMILES string of the molecule is CC1(CNCC2CCC(O)CC2)COC1. The van der Waals surface area contributed by atoms with Gasteiger partial charge in [-0.05, 0) is 38.1 Å². The van der Waals surface area contributed by atoms with Crippen LogP contribution in [0.3, 0.4) is 0 Å². The number of aliphatic hydroxyl groups is 1. The van der Waals surface area contributed by atoms with Crippen LogP contribution in [-0.2, 0) is 4.74 Å². The molecule has 1 saturated heterocycles. The second kappa shape index (κ2) is 4.81. The maximum absolute atomic E-state index is 9.39. The van der Waals surface area contributed by atoms with Gasteiger partial charge in [0, 0.05) is 12.0 Å². The van der Waals surface area contributed by atoms with Crippen LogP contribution in [-0.4, -0.2) is 37.5 Å². The van der Waals surface area contributed by atoms with Gasteiger partial charge in [0.1, 0.15) is 0 Å². The highest BCUT2D eigenvalue weighted by atomic mass is 16.5. The summed E-state index contributed by atoms with van der Waals surface area (Å²) in [5.74, 6) is 0.776. The number of aliphatic hydroxyl groups excluding tert-OH is 1. The van der Waals surface area contributed by atoms with E-state index >= 15 is 0 Å². The van der Waals surface area contributed by atoms with Crippen molar-refractivity contribution in [3.8, 4) is 0 Å². The van der Waals surface area contributed by atoms with Crippen molar-refractivity contribution >= 4 is 0 Å². The number of hydrogen-bond donors (Lipinski definition) is 2. The Morgan fingerprint density at radius 3 is 2.47 bits per heavy atom. The molecule has 1 aliphatic carbocycles. The zero-order valence-corrected chi connectivity index (χ0v) is 9.67. The van der Waals surface area contributed by atoms with Crippen molar-refractivity contribution in [1.29, 1.82) is 0 Å². The van der Waals surface area contributed by atoms with Gasteiger partial charge in [0.15, 0.2) is 0 Å². The summed E-state index contributed by atoms with van der Waals surface area (Å²) in [5, 5.41) is 12.9. The van der Waals surface area contributed by atoms with Crippen LogP contribution < -0.4 is 5.32 Å². The lowest BCUT2D eigenvalue weighted by Crippen LogP contribution is -2.48. The summed E-state index contributed by atoms with van der Waals surface area (Å²) in [7, 11) is 0. The quantitative estimate of drug-likeness (QED) is 0.736. The van der Waals surface area contributed by atoms with E-state index in [1.807, 2.05) is 0 Å². The summed E-state index contributed by atoms with van der Waals surface area (Å²) in [6, 6.07) is 0. The molecule has 3 nitrogen and oxygen atoms in total. The summed E-state index contributed by atoms with van der Waals surface area (Å²) in [6.07, 6.45) is 4.32. The van der Waals surface area contributed by atoms with E-state index in [9.17, 15) is 5.11 Å². The lowest BCUT2D eigenvalue weighted by Gasteiger charge is -2.38. The van der Waals surface area contributed by atoms with Crippen LogP contribution in [0.15, 0.2) is 0 Å². The largest absolute Gasteiger partial charge is 0.393 e. The van der Waals surface area contributed by atoms with E-state index in [2.05, 4.69) is 12.2 Å². The highest BCUT2D eigenvalue weighted by molar-refractivity contribution is 4.83. The first-order chi connectivity index (χ1) is 7.18. The van der Waals surface area contributed by atoms with Crippen molar-refractivity contribution in [2.45, 2.75) is 38.7 Å². The Balaban J connectivity index is 1.57. The summed E-state index contributed by atoms with van der Waals surface area (Å²) < 4.78 is 5.22. The maximum atomic E-state index is 9.39. The van der Waals surface area contributed by atoms with Gasteiger partial charge in [-0.3, -0.25) is 0 Å². The van der Waals surface area contributed by atoms with Crippen LogP contribution in [0.25, 0.3) is 0 Å². The monoisotopic (exact) mass is 213 g/mol. The van der Waals surface area contributed by atoms with E-state index in [4.69, 9.17) is 4.74 Å². The first-order valence-corrected chi connectivity index (χ1v) is 6.14. The van der Waals surface area contributed by atoms with E-state index in [0.717, 1.165) is 45.1 Å². The molecule has 0 aromatic rings. The summed E-state index contributed by atoms with van der Waals surface area (Å²) >= 11 is 0. The summed E-state index contributed by atoms with van der Waals surface area (Å²) in [5.41, 5.74) is 0.383. The fourth-order valence-electron chi connectivity index (χ4n) is 2.48. The zero-order chi connectivity index (χ0) is 10.7. The Morgan fingerprint density at radius 2 is 1.93 bits per heavy atom. The molecular weight excluding hydrogens is 190 g/mol. The minimum atomic E-state index is -0.0289. The second-order valence-electron chi connectivity index (χ2n) is 5.61. The first-order valence-electron chi connectivity index (χ1n) is 6.14. The molecule has 0 atom stereocenters. The fraction of sp³-hybridized carbons (Fsp3) is 1.00. The molecule has 0 aromatic heterocycles. The maximum Gasteiger partial charge on any atom is 0.0554 e. The molecule has 1 saturated carbocycles. The average Bonchev–Trinajstić information content (AvgIpc) is 2.19. The number of nitrogens with one attached hydrogen (secondary N) is 1. The minimum Gasteiger partial charge on any atom is -0.393 e. The van der Waals surface area contributed by atoms with Gasteiger partial charge in [0.25, 0.3) is 0 Å². The molecule has 1 heterocycles. The van der Waals surface area contributed by atoms with E-state index in [1.165, 1.54) is 12.8 Å². The van der Waals surface area contributed by atoms with Gasteiger partial charge in [0.05, 0.1) is 19.3 Å². The molecule has 1 aliphatic heterocycles. The van der Waals surface area contributed by atoms with E-state index in [-0.39, 0.29) is 6.10 Å². The fourth-order valence-corrected chi connectivity index (χ4v) is 2.48. The normalized spacial score (nSPS) is 34.8. The van der Waals surface area contributed by atoms with Crippen LogP contribution in [0.1, 0.15) is 32.6 Å². The van der Waals surface area contributed by atoms with E-state index in [0.29, 0.717) is 5.41 Å². The number of hydrogen-bond acceptors (Lipinski definition) is 3. The molecular formula is C12H23NO2. The Labute approximate surface area is 92.2 Å². The Hall–Kier alpha value is -0.120. The zero-order valence-electron chi connectivity index (χ0n) is 9.67. The predicted octanol–water partition coefficient (Wildman–Crippen LogP) is 1.16. The van der Waals surface area contributed by atoms with Gasteiger partial charge >= 0.3 is 0 Å². The van der Waals surface area contributed by atoms with Gasteiger partial charge < -0.3 is 15.2 Å². The van der Waals surface area contributed by atoms with Crippen LogP contribution in [0.2, 0.25) is 0 Å². The average molecular weight is 213 g/mol. The highest BCUT2D eigenvalue weighted by Crippen LogP contribution is 2.26. The van der Waals surface area contributed by atoms with Gasteiger partial charge in [-0.15, -0.1) is 0 Å². The third kappa shape index (κ3) is 3.16. The van der Waals surface area contributed by atoms with Crippen LogP contribution in [0.5, 0.6) is 0 Å². The van der Waals surface area contributed by atoms with Crippen molar-refractivity contribution in [3.05, 3.63) is 0 Å². The molecule has 2 aliphatic rings. The molecule has 0 aromatic carbocycles. The van der Waals surface area contributed by atoms with Gasteiger partial charge in [0.2, 0.25) is 0 Å². The third-order valence-electron chi connectivity index (χ3n) is 3.70. The van der Waals surface area contributed by atoms with Gasteiger partial charge in [-0.1, -0.05) is 6.92 Å². The van der Waals surface area contributed by atoms with Crippen molar-refractivity contribution in [1.82, 2.24) is 5.32 Å². The molecule has 2 N–H and O–H groups in total. The lowest BCUT2D eigenvalue weighted by molar-refractivity contribution is -0.0993. The molecule has 15 heavy (non-hydrogen) atoms. The molecule has 3 heteroatoms. The van der Waals surface area contributed by atoms with Crippen LogP contribution >= 0.6 is 0 Å². The van der Waals surface area contributed by atoms with Gasteiger partial charge in [-0.2, -0.15) is 0 Å². The molecule has 88 valence electrons. The van der Waals surface area contributed by atoms with Crippen LogP contribution in [0, 0.1) is 11.3 Å². The Bertz CT molecular complexity index is 196. The topological polar surface area (TPSA) is 41.5 Å². The van der Waals surface area contributed by atoms with E-state index < -0.39 is 0 Å². The third-order valence-corrected chi connectivity index (χ3v) is 3.70. The standard InChI is InChI=1S/C12H23NO2/c1-12(8-15-9-12)7-13-6-10-2-4-11(14)5-3-10/h10-11,13-14H,2-9H2,1H3. The molecule has 0 bridgehead atoms. The molecule has 0 spiro atoms. The Kier molecular flexibility index (Phi) is 3.65. The van der Waals surface area contributed by atoms with Crippen molar-refractivity contribution < 1.29 is 9.84 Å². The summed E-state index contributed by atoms with van der Waals surface area (Å²) in [4.78, 5) is 0. The minimum absolute atomic E-state index is 0.0289. The second-order valence-corrected chi connectivity index (χ2v) is 5.61. The number of ether oxygens (including phenoxy) is 1. The molecule has 0 unspecified atom stereocenters. The van der Waals surface area contributed by atoms with Crippen molar-refractivity contribution in [2.24, 2.45) is 11.3 Å². The van der Waals surface area contributed by atoms with Crippen molar-refractivity contribution in [3.63, 3.8) is 0 Å². The predicted molar refractivity (Wildman–Crippen MR) is 59.8 cm³/mol. The van der Waals surface area contributed by atoms with Gasteiger partial charge in [-0.25, -0.2) is 0 Å². The molecule has 0 radical (unpaired) electrons. The summed E-state index contributed by atoms with van der Waals surface area (Å²) in [6.45, 7) is 6.27. The number of rotatable bonds is 4. The molecule has 2 fully saturated rings. The smallest absolute Gasteiger partial charge is 0.0554 e. The lowest BCUT2D eigenvalue weighted by atomic mass is 9.86.